The van der Waals surface area contributed by atoms with Gasteiger partial charge < -0.3 is 14.8 Å². The Morgan fingerprint density at radius 3 is 2.93 bits per heavy atom. The first-order valence-electron chi connectivity index (χ1n) is 11.3. The molecule has 1 saturated heterocycles. The molecule has 4 nitrogen and oxygen atoms in total. The Balaban J connectivity index is 1.20. The van der Waals surface area contributed by atoms with Crippen molar-refractivity contribution < 1.29 is 14.3 Å². The van der Waals surface area contributed by atoms with Crippen LogP contribution < -0.4 is 10.1 Å². The van der Waals surface area contributed by atoms with Crippen LogP contribution in [-0.4, -0.2) is 25.3 Å². The molecule has 1 amide bonds. The summed E-state index contributed by atoms with van der Waals surface area (Å²) >= 11 is 0. The standard InChI is InChI=1S/C26H31NO3/c1-29-24-4-2-3-18(14-24)5-6-19-7-8-21-15-22(10-9-20(21)13-19)23-11-12-26(16-23)17-30-25(28)27-26/h2-4,9-10,14-15,19,23H,5-8,11-13,16-17H2,1H3,(H,27,28)/t19-,23-,26+/m0/s1. The van der Waals surface area contributed by atoms with Gasteiger partial charge in [-0.25, -0.2) is 4.79 Å². The highest BCUT2D eigenvalue weighted by atomic mass is 16.6. The Morgan fingerprint density at radius 2 is 2.10 bits per heavy atom. The lowest BCUT2D eigenvalue weighted by Gasteiger charge is -2.26. The molecule has 2 aromatic rings. The minimum absolute atomic E-state index is 0.122. The van der Waals surface area contributed by atoms with Crippen molar-refractivity contribution in [2.24, 2.45) is 5.92 Å². The van der Waals surface area contributed by atoms with Gasteiger partial charge in [0, 0.05) is 0 Å². The maximum absolute atomic E-state index is 11.5. The lowest BCUT2D eigenvalue weighted by atomic mass is 9.79. The van der Waals surface area contributed by atoms with E-state index in [0.29, 0.717) is 12.5 Å². The maximum Gasteiger partial charge on any atom is 0.407 e. The van der Waals surface area contributed by atoms with E-state index in [4.69, 9.17) is 9.47 Å². The summed E-state index contributed by atoms with van der Waals surface area (Å²) < 4.78 is 10.5. The van der Waals surface area contributed by atoms with Crippen LogP contribution >= 0.6 is 0 Å². The molecular formula is C26H31NO3. The van der Waals surface area contributed by atoms with Crippen molar-refractivity contribution in [3.8, 4) is 5.75 Å². The number of cyclic esters (lactones) is 1. The number of fused-ring (bicyclic) bond motifs is 1. The highest BCUT2D eigenvalue weighted by Gasteiger charge is 2.46. The molecular weight excluding hydrogens is 374 g/mol. The van der Waals surface area contributed by atoms with E-state index < -0.39 is 0 Å². The van der Waals surface area contributed by atoms with Crippen LogP contribution in [0, 0.1) is 5.92 Å². The Bertz CT molecular complexity index is 940. The number of hydrogen-bond donors (Lipinski definition) is 1. The number of nitrogens with one attached hydrogen (secondary N) is 1. The summed E-state index contributed by atoms with van der Waals surface area (Å²) in [6, 6.07) is 15.6. The molecule has 0 aromatic heterocycles. The average molecular weight is 406 g/mol. The van der Waals surface area contributed by atoms with E-state index in [1.54, 1.807) is 7.11 Å². The van der Waals surface area contributed by atoms with Gasteiger partial charge in [0.1, 0.15) is 12.4 Å². The summed E-state index contributed by atoms with van der Waals surface area (Å²) in [6.45, 7) is 0.530. The van der Waals surface area contributed by atoms with Crippen LogP contribution in [0.5, 0.6) is 5.75 Å². The minimum atomic E-state index is -0.249. The topological polar surface area (TPSA) is 47.6 Å². The largest absolute Gasteiger partial charge is 0.497 e. The van der Waals surface area contributed by atoms with Crippen LogP contribution in [0.25, 0.3) is 0 Å². The van der Waals surface area contributed by atoms with Crippen LogP contribution in [-0.2, 0) is 24.0 Å². The number of carbonyl (C=O) groups excluding carboxylic acids is 1. The second kappa shape index (κ2) is 7.98. The molecule has 0 bridgehead atoms. The van der Waals surface area contributed by atoms with E-state index in [-0.39, 0.29) is 11.6 Å². The molecule has 3 aliphatic rings. The van der Waals surface area contributed by atoms with Crippen molar-refractivity contribution in [2.45, 2.75) is 62.8 Å². The number of aryl methyl sites for hydroxylation is 2. The molecule has 1 saturated carbocycles. The highest BCUT2D eigenvalue weighted by Crippen LogP contribution is 2.43. The van der Waals surface area contributed by atoms with Gasteiger partial charge in [-0.05, 0) is 97.6 Å². The summed E-state index contributed by atoms with van der Waals surface area (Å²) in [6.07, 6.45) is 8.91. The predicted molar refractivity (Wildman–Crippen MR) is 117 cm³/mol. The van der Waals surface area contributed by atoms with Gasteiger partial charge in [0.15, 0.2) is 0 Å². The zero-order valence-corrected chi connectivity index (χ0v) is 17.8. The van der Waals surface area contributed by atoms with Gasteiger partial charge >= 0.3 is 6.09 Å². The summed E-state index contributed by atoms with van der Waals surface area (Å²) in [5.74, 6) is 2.24. The molecule has 2 aliphatic carbocycles. The molecule has 1 spiro atoms. The van der Waals surface area contributed by atoms with Crippen molar-refractivity contribution in [1.29, 1.82) is 0 Å². The van der Waals surface area contributed by atoms with E-state index in [2.05, 4.69) is 41.7 Å². The summed E-state index contributed by atoms with van der Waals surface area (Å²) in [4.78, 5) is 11.5. The summed E-state index contributed by atoms with van der Waals surface area (Å²) in [5.41, 5.74) is 5.77. The van der Waals surface area contributed by atoms with Crippen LogP contribution in [0.15, 0.2) is 42.5 Å². The van der Waals surface area contributed by atoms with Crippen LogP contribution in [0.3, 0.4) is 0 Å². The van der Waals surface area contributed by atoms with Crippen LogP contribution in [0.1, 0.15) is 60.3 Å². The number of hydrogen-bond acceptors (Lipinski definition) is 3. The molecule has 158 valence electrons. The Kier molecular flexibility index (Phi) is 5.18. The third kappa shape index (κ3) is 3.92. The molecule has 1 N–H and O–H groups in total. The molecule has 0 unspecified atom stereocenters. The van der Waals surface area contributed by atoms with Gasteiger partial charge in [-0.15, -0.1) is 0 Å². The number of alkyl carbamates (subject to hydrolysis) is 1. The van der Waals surface area contributed by atoms with E-state index in [1.807, 2.05) is 6.07 Å². The number of carbonyl (C=O) groups is 1. The molecule has 3 atom stereocenters. The molecule has 30 heavy (non-hydrogen) atoms. The minimum Gasteiger partial charge on any atom is -0.497 e. The number of amides is 1. The van der Waals surface area contributed by atoms with Gasteiger partial charge in [0.2, 0.25) is 0 Å². The molecule has 1 heterocycles. The molecule has 1 aliphatic heterocycles. The quantitative estimate of drug-likeness (QED) is 0.746. The summed E-state index contributed by atoms with van der Waals surface area (Å²) in [5, 5.41) is 3.06. The SMILES string of the molecule is COc1cccc(CC[C@H]2CCc3cc([C@H]4CC[C@]5(COC(=O)N5)C4)ccc3C2)c1. The van der Waals surface area contributed by atoms with Gasteiger partial charge in [0.05, 0.1) is 12.6 Å². The number of ether oxygens (including phenoxy) is 2. The number of methoxy groups -OCH3 is 1. The first-order chi connectivity index (χ1) is 14.6. The van der Waals surface area contributed by atoms with Crippen molar-refractivity contribution in [3.63, 3.8) is 0 Å². The fraction of sp³-hybridized carbons (Fsp3) is 0.500. The third-order valence-corrected chi connectivity index (χ3v) is 7.46. The number of benzene rings is 2. The molecule has 2 aromatic carbocycles. The van der Waals surface area contributed by atoms with E-state index in [1.165, 1.54) is 47.9 Å². The smallest absolute Gasteiger partial charge is 0.407 e. The predicted octanol–water partition coefficient (Wildman–Crippen LogP) is 5.18. The van der Waals surface area contributed by atoms with Crippen molar-refractivity contribution in [3.05, 3.63) is 64.7 Å². The normalized spacial score (nSPS) is 27.6. The van der Waals surface area contributed by atoms with E-state index in [9.17, 15) is 4.79 Å². The van der Waals surface area contributed by atoms with E-state index >= 15 is 0 Å². The molecule has 4 heteroatoms. The highest BCUT2D eigenvalue weighted by molar-refractivity contribution is 5.70. The second-order valence-electron chi connectivity index (χ2n) is 9.45. The van der Waals surface area contributed by atoms with Gasteiger partial charge in [0.25, 0.3) is 0 Å². The zero-order chi connectivity index (χ0) is 20.6. The maximum atomic E-state index is 11.5. The fourth-order valence-corrected chi connectivity index (χ4v) is 5.70. The Morgan fingerprint density at radius 1 is 1.17 bits per heavy atom. The van der Waals surface area contributed by atoms with Crippen molar-refractivity contribution in [2.75, 3.05) is 13.7 Å². The molecule has 2 fully saturated rings. The lowest BCUT2D eigenvalue weighted by Crippen LogP contribution is -2.40. The lowest BCUT2D eigenvalue weighted by molar-refractivity contribution is 0.172. The van der Waals surface area contributed by atoms with E-state index in [0.717, 1.165) is 37.4 Å². The van der Waals surface area contributed by atoms with Crippen LogP contribution in [0.4, 0.5) is 4.79 Å². The van der Waals surface area contributed by atoms with Crippen LogP contribution in [0.2, 0.25) is 0 Å². The van der Waals surface area contributed by atoms with Gasteiger partial charge in [-0.2, -0.15) is 0 Å². The number of rotatable bonds is 5. The summed E-state index contributed by atoms with van der Waals surface area (Å²) in [7, 11) is 1.73. The molecule has 0 radical (unpaired) electrons. The van der Waals surface area contributed by atoms with Crippen molar-refractivity contribution >= 4 is 6.09 Å². The van der Waals surface area contributed by atoms with Gasteiger partial charge in [-0.1, -0.05) is 30.3 Å². The average Bonchev–Trinajstić information content (AvgIpc) is 3.37. The Labute approximate surface area is 179 Å². The zero-order valence-electron chi connectivity index (χ0n) is 17.8. The monoisotopic (exact) mass is 405 g/mol. The second-order valence-corrected chi connectivity index (χ2v) is 9.45. The van der Waals surface area contributed by atoms with Gasteiger partial charge in [-0.3, -0.25) is 0 Å². The first kappa shape index (κ1) is 19.5. The van der Waals surface area contributed by atoms with Crippen molar-refractivity contribution in [1.82, 2.24) is 5.32 Å². The third-order valence-electron chi connectivity index (χ3n) is 7.46. The molecule has 5 rings (SSSR count). The first-order valence-corrected chi connectivity index (χ1v) is 11.3. The fourth-order valence-electron chi connectivity index (χ4n) is 5.70. The Hall–Kier alpha value is -2.49.